The summed E-state index contributed by atoms with van der Waals surface area (Å²) in [4.78, 5) is 63.2. The first kappa shape index (κ1) is 64.0. The van der Waals surface area contributed by atoms with Gasteiger partial charge in [0.2, 0.25) is 11.8 Å². The van der Waals surface area contributed by atoms with Crippen LogP contribution in [0.1, 0.15) is 174 Å². The van der Waals surface area contributed by atoms with E-state index in [0.29, 0.717) is 78.2 Å². The predicted molar refractivity (Wildman–Crippen MR) is 288 cm³/mol. The minimum atomic E-state index is -0.425. The zero-order chi connectivity index (χ0) is 51.6. The molecule has 404 valence electrons. The highest BCUT2D eigenvalue weighted by Crippen LogP contribution is 2.15. The zero-order valence-corrected chi connectivity index (χ0v) is 45.4. The van der Waals surface area contributed by atoms with Gasteiger partial charge in [0, 0.05) is 70.8 Å². The lowest BCUT2D eigenvalue weighted by atomic mass is 10.1. The van der Waals surface area contributed by atoms with Crippen LogP contribution >= 0.6 is 0 Å². The molecule has 0 heterocycles. The van der Waals surface area contributed by atoms with Gasteiger partial charge in [0.25, 0.3) is 5.69 Å². The summed E-state index contributed by atoms with van der Waals surface area (Å²) in [6.45, 7) is 12.9. The predicted octanol–water partition coefficient (Wildman–Crippen LogP) is 8.83. The van der Waals surface area contributed by atoms with Crippen LogP contribution in [-0.2, 0) is 16.0 Å². The van der Waals surface area contributed by atoms with Crippen molar-refractivity contribution in [1.82, 2.24) is 36.8 Å². The standard InChI is InChI=1S/C54H102N10O6/c1-7-9-11-13-15-17-19-21-23-25-45-63(3,4)47-40-59-53(67)57-38-27-36-55-51(65)34-43-61(42-33-49-29-31-50(32-30-49)62(69)70)44-35-52(66)56-37-28-39-58-54(68)60-41-48-64(5,6)46-26-24-22-20-18-16-14-12-10-8-2/h29-32H,7-28,33-48H2,1-6H3,(H4-2,55,56,57,58,59,60,65,66,67,68)/p+2. The molecule has 0 bridgehead atoms. The second-order valence-electron chi connectivity index (χ2n) is 20.9. The first-order valence-electron chi connectivity index (χ1n) is 27.8. The van der Waals surface area contributed by atoms with Crippen LogP contribution in [0.3, 0.4) is 0 Å². The van der Waals surface area contributed by atoms with Crippen molar-refractivity contribution >= 4 is 29.6 Å². The topological polar surface area (TPSA) is 187 Å². The molecule has 0 aliphatic heterocycles. The number of nitro benzene ring substituents is 1. The molecule has 0 radical (unpaired) electrons. The molecule has 6 N–H and O–H groups in total. The van der Waals surface area contributed by atoms with E-state index in [4.69, 9.17) is 0 Å². The van der Waals surface area contributed by atoms with Gasteiger partial charge in [-0.2, -0.15) is 0 Å². The molecule has 1 aromatic carbocycles. The molecule has 0 aliphatic carbocycles. The highest BCUT2D eigenvalue weighted by molar-refractivity contribution is 5.77. The Morgan fingerprint density at radius 1 is 0.457 bits per heavy atom. The Balaban J connectivity index is 2.31. The van der Waals surface area contributed by atoms with E-state index in [1.165, 1.54) is 141 Å². The fraction of sp³-hybridized carbons (Fsp3) is 0.815. The molecule has 1 aromatic rings. The van der Waals surface area contributed by atoms with Gasteiger partial charge >= 0.3 is 12.1 Å². The van der Waals surface area contributed by atoms with Gasteiger partial charge in [0.15, 0.2) is 0 Å². The number of carbonyl (C=O) groups excluding carboxylic acids is 4. The lowest BCUT2D eigenvalue weighted by Gasteiger charge is -2.30. The number of likely N-dealkylation sites (N-methyl/N-ethyl adjacent to an activating group) is 2. The molecule has 16 nitrogen and oxygen atoms in total. The van der Waals surface area contributed by atoms with Crippen molar-refractivity contribution in [1.29, 1.82) is 0 Å². The number of unbranched alkanes of at least 4 members (excludes halogenated alkanes) is 18. The number of non-ortho nitro benzene ring substituents is 1. The zero-order valence-electron chi connectivity index (χ0n) is 45.4. The molecule has 0 aliphatic rings. The number of benzene rings is 1. The molecule has 0 fully saturated rings. The van der Waals surface area contributed by atoms with Crippen molar-refractivity contribution in [2.45, 2.75) is 174 Å². The van der Waals surface area contributed by atoms with Crippen LogP contribution in [-0.4, -0.2) is 156 Å². The van der Waals surface area contributed by atoms with Crippen molar-refractivity contribution < 1.29 is 33.1 Å². The van der Waals surface area contributed by atoms with Gasteiger partial charge < -0.3 is 45.8 Å². The summed E-state index contributed by atoms with van der Waals surface area (Å²) >= 11 is 0. The largest absolute Gasteiger partial charge is 0.356 e. The molecular formula is C54H104N10O6+2. The van der Waals surface area contributed by atoms with Gasteiger partial charge in [0.05, 0.1) is 72.4 Å². The van der Waals surface area contributed by atoms with Crippen molar-refractivity contribution in [3.8, 4) is 0 Å². The van der Waals surface area contributed by atoms with Gasteiger partial charge in [-0.3, -0.25) is 19.7 Å². The highest BCUT2D eigenvalue weighted by atomic mass is 16.6. The van der Waals surface area contributed by atoms with Gasteiger partial charge in [-0.05, 0) is 50.5 Å². The lowest BCUT2D eigenvalue weighted by molar-refractivity contribution is -0.889. The van der Waals surface area contributed by atoms with Crippen molar-refractivity contribution in [2.75, 3.05) is 113 Å². The number of nitro groups is 1. The number of rotatable bonds is 46. The van der Waals surface area contributed by atoms with E-state index < -0.39 is 4.92 Å². The molecular weight excluding hydrogens is 885 g/mol. The number of nitrogens with one attached hydrogen (secondary N) is 6. The van der Waals surface area contributed by atoms with Crippen molar-refractivity contribution in [2.24, 2.45) is 0 Å². The Bertz CT molecular complexity index is 1430. The summed E-state index contributed by atoms with van der Waals surface area (Å²) in [5, 5.41) is 28.7. The Kier molecular flexibility index (Phi) is 38.0. The third-order valence-corrected chi connectivity index (χ3v) is 13.3. The normalized spacial score (nSPS) is 11.6. The summed E-state index contributed by atoms with van der Waals surface area (Å²) in [5.41, 5.74) is 0.958. The van der Waals surface area contributed by atoms with Gasteiger partial charge in [0.1, 0.15) is 0 Å². The number of carbonyl (C=O) groups is 4. The molecule has 0 unspecified atom stereocenters. The van der Waals surface area contributed by atoms with Crippen LogP contribution < -0.4 is 31.9 Å². The number of urea groups is 2. The monoisotopic (exact) mass is 989 g/mol. The van der Waals surface area contributed by atoms with Crippen molar-refractivity contribution in [3.05, 3.63) is 39.9 Å². The van der Waals surface area contributed by atoms with Crippen LogP contribution in [0.5, 0.6) is 0 Å². The molecule has 70 heavy (non-hydrogen) atoms. The number of hydrogen-bond donors (Lipinski definition) is 6. The second kappa shape index (κ2) is 41.6. The Morgan fingerprint density at radius 3 is 1.17 bits per heavy atom. The van der Waals surface area contributed by atoms with Crippen LogP contribution in [0.25, 0.3) is 0 Å². The first-order valence-corrected chi connectivity index (χ1v) is 27.8. The van der Waals surface area contributed by atoms with E-state index in [-0.39, 0.29) is 42.4 Å². The highest BCUT2D eigenvalue weighted by Gasteiger charge is 2.17. The minimum Gasteiger partial charge on any atom is -0.356 e. The summed E-state index contributed by atoms with van der Waals surface area (Å²) < 4.78 is 1.76. The van der Waals surface area contributed by atoms with E-state index in [1.807, 2.05) is 0 Å². The van der Waals surface area contributed by atoms with Crippen LogP contribution in [0.2, 0.25) is 0 Å². The maximum atomic E-state index is 12.8. The molecule has 16 heteroatoms. The average molecular weight is 989 g/mol. The minimum absolute atomic E-state index is 0.0300. The molecule has 1 rings (SSSR count). The Labute approximate surface area is 425 Å². The van der Waals surface area contributed by atoms with Crippen LogP contribution in [0.4, 0.5) is 15.3 Å². The van der Waals surface area contributed by atoms with Crippen LogP contribution in [0.15, 0.2) is 24.3 Å². The third kappa shape index (κ3) is 38.7. The summed E-state index contributed by atoms with van der Waals surface area (Å²) in [6, 6.07) is 6.04. The van der Waals surface area contributed by atoms with E-state index in [0.717, 1.165) is 40.7 Å². The van der Waals surface area contributed by atoms with Gasteiger partial charge in [-0.1, -0.05) is 129 Å². The van der Waals surface area contributed by atoms with Crippen molar-refractivity contribution in [3.63, 3.8) is 0 Å². The van der Waals surface area contributed by atoms with E-state index in [1.54, 1.807) is 12.1 Å². The molecule has 0 spiro atoms. The molecule has 0 atom stereocenters. The quantitative estimate of drug-likeness (QED) is 0.0163. The smallest absolute Gasteiger partial charge is 0.314 e. The maximum absolute atomic E-state index is 12.8. The summed E-state index contributed by atoms with van der Waals surface area (Å²) in [6.07, 6.45) is 28.8. The molecule has 6 amide bonds. The second-order valence-corrected chi connectivity index (χ2v) is 20.9. The lowest BCUT2D eigenvalue weighted by Crippen LogP contribution is -2.47. The third-order valence-electron chi connectivity index (χ3n) is 13.3. The SMILES string of the molecule is CCCCCCCCCCCC[N+](C)(C)CCNC(=O)NCCCNC(=O)CCN(CCC(=O)NCCCNC(=O)NCC[N+](C)(C)CCCCCCCCCCCC)CCc1ccc([N+](=O)[O-])cc1. The fourth-order valence-corrected chi connectivity index (χ4v) is 8.49. The Hall–Kier alpha value is -4.02. The number of quaternary nitrogens is 2. The number of nitrogens with zero attached hydrogens (tertiary/aromatic N) is 4. The van der Waals surface area contributed by atoms with Gasteiger partial charge in [-0.15, -0.1) is 0 Å². The van der Waals surface area contributed by atoms with E-state index in [9.17, 15) is 29.3 Å². The molecule has 0 aromatic heterocycles. The first-order chi connectivity index (χ1) is 33.7. The average Bonchev–Trinajstić information content (AvgIpc) is 3.32. The van der Waals surface area contributed by atoms with Crippen LogP contribution in [0, 0.1) is 10.1 Å². The Morgan fingerprint density at radius 2 is 0.800 bits per heavy atom. The summed E-state index contributed by atoms with van der Waals surface area (Å²) in [7, 11) is 8.88. The summed E-state index contributed by atoms with van der Waals surface area (Å²) in [5.74, 6) is -0.222. The maximum Gasteiger partial charge on any atom is 0.314 e. The molecule has 0 saturated carbocycles. The number of amides is 6. The molecule has 0 saturated heterocycles. The fourth-order valence-electron chi connectivity index (χ4n) is 8.49. The van der Waals surface area contributed by atoms with E-state index >= 15 is 0 Å². The van der Waals surface area contributed by atoms with Gasteiger partial charge in [-0.25, -0.2) is 9.59 Å². The van der Waals surface area contributed by atoms with E-state index in [2.05, 4.69) is 78.8 Å². The number of hydrogen-bond acceptors (Lipinski definition) is 7.